The first-order chi connectivity index (χ1) is 44.4. The molecule has 12 N–H and O–H groups in total. The summed E-state index contributed by atoms with van der Waals surface area (Å²) in [6.45, 7) is 7.17. The van der Waals surface area contributed by atoms with Crippen LogP contribution < -0.4 is 53.4 Å². The summed E-state index contributed by atoms with van der Waals surface area (Å²) in [6, 6.07) is 7.29. The number of carbonyl (C=O) groups is 6. The Bertz CT molecular complexity index is 3270. The molecule has 5 aromatic heterocycles. The Morgan fingerprint density at radius 3 is 1.58 bits per heavy atom. The van der Waals surface area contributed by atoms with Crippen molar-refractivity contribution in [3.63, 3.8) is 0 Å². The maximum atomic E-state index is 13.3. The predicted octanol–water partition coefficient (Wildman–Crippen LogP) is 0.874. The van der Waals surface area contributed by atoms with Crippen molar-refractivity contribution in [2.45, 2.75) is 25.3 Å². The van der Waals surface area contributed by atoms with Crippen molar-refractivity contribution in [2.75, 3.05) is 160 Å². The van der Waals surface area contributed by atoms with Gasteiger partial charge in [0.15, 0.2) is 23.1 Å². The normalized spacial score (nSPS) is 11.5. The molecule has 6 amide bonds. The Hall–Kier alpha value is -8.93. The van der Waals surface area contributed by atoms with Crippen molar-refractivity contribution in [1.29, 1.82) is 0 Å². The molecule has 0 aliphatic rings. The summed E-state index contributed by atoms with van der Waals surface area (Å²) in [5, 5.41) is 29.3. The number of nitrogens with two attached hydrogens (primary N) is 2. The molecule has 0 fully saturated rings. The second kappa shape index (κ2) is 39.4. The topological polar surface area (TPSA) is 405 Å². The fraction of sp³-hybridized carbons (Fsp3) is 0.508. The number of nitrogen functional groups attached to an aromatic ring is 1. The number of phenolic OH excluding ortho intramolecular Hbond substituents is 1. The van der Waals surface area contributed by atoms with Gasteiger partial charge < -0.3 is 119 Å². The fourth-order valence-electron chi connectivity index (χ4n) is 8.53. The summed E-state index contributed by atoms with van der Waals surface area (Å²) in [5.41, 5.74) is 14.6. The van der Waals surface area contributed by atoms with Crippen LogP contribution in [0.4, 0.5) is 28.8 Å². The summed E-state index contributed by atoms with van der Waals surface area (Å²) in [4.78, 5) is 90.4. The molecule has 1 aromatic carbocycles. The highest BCUT2D eigenvalue weighted by Crippen LogP contribution is 2.27. The third-order valence-electron chi connectivity index (χ3n) is 13.3. The van der Waals surface area contributed by atoms with E-state index in [0.29, 0.717) is 146 Å². The number of rotatable bonds is 46. The molecule has 0 aliphatic heterocycles. The van der Waals surface area contributed by atoms with E-state index in [1.54, 1.807) is 75.7 Å². The molecule has 504 valence electrons. The Balaban J connectivity index is 0.707. The lowest BCUT2D eigenvalue weighted by atomic mass is 10.1. The zero-order valence-electron chi connectivity index (χ0n) is 52.7. The highest BCUT2D eigenvalue weighted by atomic mass is 16.6. The second-order valence-corrected chi connectivity index (χ2v) is 20.6. The molecule has 0 saturated carbocycles. The van der Waals surface area contributed by atoms with Crippen molar-refractivity contribution in [3.05, 3.63) is 96.2 Å². The maximum absolute atomic E-state index is 13.3. The summed E-state index contributed by atoms with van der Waals surface area (Å²) >= 11 is 0. The third-order valence-corrected chi connectivity index (χ3v) is 13.3. The number of amides is 6. The molecule has 0 saturated heterocycles. The predicted molar refractivity (Wildman–Crippen MR) is 336 cm³/mol. The quantitative estimate of drug-likeness (QED) is 0.0187. The van der Waals surface area contributed by atoms with Gasteiger partial charge in [0, 0.05) is 123 Å². The first-order valence-corrected chi connectivity index (χ1v) is 29.9. The number of benzene rings is 1. The SMILES string of the molecule is Cn1cc(NC(=O)c2nc(C(N)CCNC(=O)c3cc(Nc4nccn4C)cn3C)cn2C)cc1C(=O)NCCC(=O)Nc1cn(C)c(C(=O)NCCC(=O)NCCOCCOCCOCCOCCOCCOCCOCCOCCOc2ccc(N)cc2O)n1. The van der Waals surface area contributed by atoms with Gasteiger partial charge in [0.1, 0.15) is 18.0 Å². The minimum atomic E-state index is -0.592. The van der Waals surface area contributed by atoms with Crippen LogP contribution in [0.5, 0.6) is 11.5 Å². The zero-order chi connectivity index (χ0) is 66.0. The average molecular weight is 1290 g/mol. The minimum absolute atomic E-state index is 0.00556. The monoisotopic (exact) mass is 1290 g/mol. The molecular weight excluding hydrogens is 1200 g/mol. The van der Waals surface area contributed by atoms with Gasteiger partial charge in [0.05, 0.1) is 129 Å². The molecule has 1 unspecified atom stereocenters. The van der Waals surface area contributed by atoms with Crippen LogP contribution in [-0.2, 0) is 82.7 Å². The maximum Gasteiger partial charge on any atom is 0.291 e. The zero-order valence-corrected chi connectivity index (χ0v) is 52.7. The molecule has 33 heteroatoms. The largest absolute Gasteiger partial charge is 0.504 e. The summed E-state index contributed by atoms with van der Waals surface area (Å²) < 4.78 is 57.4. The number of nitrogens with zero attached hydrogens (tertiary/aromatic N) is 8. The lowest BCUT2D eigenvalue weighted by Gasteiger charge is -2.10. The van der Waals surface area contributed by atoms with Crippen LogP contribution in [0.2, 0.25) is 0 Å². The van der Waals surface area contributed by atoms with Crippen LogP contribution in [0.25, 0.3) is 0 Å². The highest BCUT2D eigenvalue weighted by Gasteiger charge is 2.22. The number of aromatic hydroxyl groups is 1. The number of nitrogens with one attached hydrogen (secondary N) is 7. The number of phenols is 1. The van der Waals surface area contributed by atoms with Gasteiger partial charge in [-0.05, 0) is 30.7 Å². The average Bonchev–Trinajstić information content (AvgIpc) is 1.79. The molecule has 92 heavy (non-hydrogen) atoms. The van der Waals surface area contributed by atoms with E-state index in [-0.39, 0.29) is 93.0 Å². The number of aromatic nitrogens is 8. The van der Waals surface area contributed by atoms with E-state index in [1.165, 1.54) is 32.0 Å². The molecular formula is C59H87N17O16. The molecule has 1 atom stereocenters. The van der Waals surface area contributed by atoms with E-state index < -0.39 is 29.7 Å². The van der Waals surface area contributed by atoms with Crippen LogP contribution >= 0.6 is 0 Å². The number of aryl methyl sites for hydroxylation is 5. The summed E-state index contributed by atoms with van der Waals surface area (Å²) in [7, 11) is 8.49. The van der Waals surface area contributed by atoms with Gasteiger partial charge in [0.2, 0.25) is 23.6 Å². The Labute approximate surface area is 532 Å². The molecule has 0 spiro atoms. The standard InChI is InChI=1S/C59H87N17O16/c1-72-16-14-66-59(72)68-43-36-47(74(3)38-43)55(80)63-11-8-44(61)45-39-75(4)54(69-45)58(83)67-42-35-46(73(2)37-42)56(81)64-13-10-52(79)70-50-40-76(5)53(71-50)57(82)65-12-9-51(78)62-15-17-84-18-19-85-20-21-86-22-23-87-24-25-88-26-27-89-28-29-90-30-31-91-32-33-92-49-7-6-41(60)34-48(49)77/h6-7,14,16,34-40,44,77H,8-13,15,17-33,60-61H2,1-5H3,(H,62,78)(H,63,80)(H,64,81)(H,65,82)(H,66,68)(H,67,83)(H,70,79). The van der Waals surface area contributed by atoms with Crippen molar-refractivity contribution in [2.24, 2.45) is 41.0 Å². The Kier molecular flexibility index (Phi) is 30.9. The number of ether oxygens (including phenoxy) is 9. The van der Waals surface area contributed by atoms with E-state index in [1.807, 2.05) is 17.8 Å². The van der Waals surface area contributed by atoms with Crippen molar-refractivity contribution in [3.8, 4) is 11.5 Å². The lowest BCUT2D eigenvalue weighted by Crippen LogP contribution is -2.33. The first kappa shape index (κ1) is 72.1. The number of hydrogen-bond acceptors (Lipinski definition) is 22. The van der Waals surface area contributed by atoms with Gasteiger partial charge in [0.25, 0.3) is 23.6 Å². The van der Waals surface area contributed by atoms with Crippen LogP contribution in [0, 0.1) is 0 Å². The molecule has 0 radical (unpaired) electrons. The minimum Gasteiger partial charge on any atom is -0.504 e. The van der Waals surface area contributed by atoms with Crippen LogP contribution in [0.3, 0.4) is 0 Å². The lowest BCUT2D eigenvalue weighted by molar-refractivity contribution is -0.121. The second-order valence-electron chi connectivity index (χ2n) is 20.6. The Morgan fingerprint density at radius 1 is 0.511 bits per heavy atom. The Morgan fingerprint density at radius 2 is 1.01 bits per heavy atom. The van der Waals surface area contributed by atoms with Gasteiger partial charge in [-0.2, -0.15) is 0 Å². The molecule has 0 bridgehead atoms. The molecule has 33 nitrogen and oxygen atoms in total. The molecule has 0 aliphatic carbocycles. The van der Waals surface area contributed by atoms with E-state index in [9.17, 15) is 33.9 Å². The third kappa shape index (κ3) is 25.4. The summed E-state index contributed by atoms with van der Waals surface area (Å²) in [5.74, 6) is -1.47. The molecule has 6 rings (SSSR count). The van der Waals surface area contributed by atoms with Gasteiger partial charge in [-0.3, -0.25) is 28.8 Å². The van der Waals surface area contributed by atoms with Gasteiger partial charge in [-0.1, -0.05) is 0 Å². The van der Waals surface area contributed by atoms with Crippen LogP contribution in [0.1, 0.15) is 73.2 Å². The van der Waals surface area contributed by atoms with Crippen molar-refractivity contribution >= 4 is 64.3 Å². The summed E-state index contributed by atoms with van der Waals surface area (Å²) in [6.07, 6.45) is 10.2. The number of hydrogen-bond donors (Lipinski definition) is 10. The number of imidazole rings is 3. The van der Waals surface area contributed by atoms with E-state index >= 15 is 0 Å². The van der Waals surface area contributed by atoms with E-state index in [0.717, 1.165) is 0 Å². The first-order valence-electron chi connectivity index (χ1n) is 29.9. The number of anilines is 5. The van der Waals surface area contributed by atoms with Gasteiger partial charge in [-0.25, -0.2) is 15.0 Å². The molecule has 5 heterocycles. The highest BCUT2D eigenvalue weighted by molar-refractivity contribution is 6.03. The van der Waals surface area contributed by atoms with Gasteiger partial charge >= 0.3 is 0 Å². The number of carbonyl (C=O) groups excluding carboxylic acids is 6. The van der Waals surface area contributed by atoms with Gasteiger partial charge in [-0.15, -0.1) is 0 Å². The fourth-order valence-corrected chi connectivity index (χ4v) is 8.53. The van der Waals surface area contributed by atoms with Crippen molar-refractivity contribution < 1.29 is 76.5 Å². The van der Waals surface area contributed by atoms with Crippen molar-refractivity contribution in [1.82, 2.24) is 59.1 Å². The van der Waals surface area contributed by atoms with Crippen LogP contribution in [-0.4, -0.2) is 217 Å². The van der Waals surface area contributed by atoms with E-state index in [2.05, 4.69) is 52.2 Å². The van der Waals surface area contributed by atoms with E-state index in [4.69, 9.17) is 54.1 Å². The smallest absolute Gasteiger partial charge is 0.291 e. The molecule has 6 aromatic rings. The van der Waals surface area contributed by atoms with Crippen LogP contribution in [0.15, 0.2) is 67.5 Å².